The van der Waals surface area contributed by atoms with Crippen LogP contribution in [0.3, 0.4) is 0 Å². The quantitative estimate of drug-likeness (QED) is 0.636. The predicted molar refractivity (Wildman–Crippen MR) is 107 cm³/mol. The Bertz CT molecular complexity index is 956. The molecule has 11 nitrogen and oxygen atoms in total. The van der Waals surface area contributed by atoms with E-state index in [1.807, 2.05) is 0 Å². The van der Waals surface area contributed by atoms with Crippen molar-refractivity contribution in [3.63, 3.8) is 0 Å². The summed E-state index contributed by atoms with van der Waals surface area (Å²) < 4.78 is 57.7. The molecule has 30 heavy (non-hydrogen) atoms. The van der Waals surface area contributed by atoms with E-state index in [9.17, 15) is 16.8 Å². The minimum absolute atomic E-state index is 0.0750. The Hall–Kier alpha value is -1.51. The zero-order chi connectivity index (χ0) is 21.8. The van der Waals surface area contributed by atoms with Crippen molar-refractivity contribution in [3.05, 3.63) is 24.5 Å². The molecule has 4 heterocycles. The molecule has 2 aromatic rings. The lowest BCUT2D eigenvalue weighted by Gasteiger charge is -2.22. The lowest BCUT2D eigenvalue weighted by molar-refractivity contribution is 0.0658. The molecule has 168 valence electrons. The number of nitrogens with zero attached hydrogens (tertiary/aromatic N) is 4. The predicted octanol–water partition coefficient (Wildman–Crippen LogP) is 1.04. The van der Waals surface area contributed by atoms with Crippen LogP contribution in [0.25, 0.3) is 0 Å². The fraction of sp³-hybridized carbons (Fsp3) is 0.625. The van der Waals surface area contributed by atoms with E-state index < -0.39 is 19.1 Å². The normalized spacial score (nSPS) is 19.3. The fourth-order valence-electron chi connectivity index (χ4n) is 3.23. The molecule has 2 aromatic heterocycles. The molecular weight excluding hydrogens is 458 g/mol. The number of hydrogen-bond donors (Lipinski definition) is 1. The number of primary sulfonamides is 1. The molecule has 0 aromatic carbocycles. The number of ether oxygens (including phenoxy) is 2. The summed E-state index contributed by atoms with van der Waals surface area (Å²) in [5.41, 5.74) is 0. The maximum atomic E-state index is 11.0. The highest BCUT2D eigenvalue weighted by molar-refractivity contribution is 8.13. The Balaban J connectivity index is 0.000000171. The smallest absolute Gasteiger partial charge is 0.280 e. The van der Waals surface area contributed by atoms with E-state index in [2.05, 4.69) is 10.2 Å². The van der Waals surface area contributed by atoms with Gasteiger partial charge < -0.3 is 9.47 Å². The van der Waals surface area contributed by atoms with E-state index in [0.717, 1.165) is 25.7 Å². The average Bonchev–Trinajstić information content (AvgIpc) is 3.40. The second-order valence-corrected chi connectivity index (χ2v) is 11.0. The van der Waals surface area contributed by atoms with Crippen molar-refractivity contribution in [2.24, 2.45) is 5.14 Å². The van der Waals surface area contributed by atoms with Crippen LogP contribution in [0.5, 0.6) is 0 Å². The molecule has 2 N–H and O–H groups in total. The van der Waals surface area contributed by atoms with E-state index in [1.54, 1.807) is 21.8 Å². The molecule has 0 bridgehead atoms. The summed E-state index contributed by atoms with van der Waals surface area (Å²) in [6, 6.07) is 3.27. The molecule has 0 aliphatic carbocycles. The second-order valence-electron chi connectivity index (χ2n) is 6.94. The number of rotatable bonds is 4. The average molecular weight is 482 g/mol. The van der Waals surface area contributed by atoms with Gasteiger partial charge in [-0.1, -0.05) is 0 Å². The van der Waals surface area contributed by atoms with Crippen molar-refractivity contribution in [2.75, 3.05) is 26.4 Å². The largest absolute Gasteiger partial charge is 0.381 e. The van der Waals surface area contributed by atoms with E-state index in [0.29, 0.717) is 26.4 Å². The number of aromatic nitrogens is 4. The van der Waals surface area contributed by atoms with Crippen LogP contribution < -0.4 is 5.14 Å². The van der Waals surface area contributed by atoms with Gasteiger partial charge in [-0.3, -0.25) is 9.36 Å². The third kappa shape index (κ3) is 6.25. The highest BCUT2D eigenvalue weighted by Crippen LogP contribution is 2.22. The lowest BCUT2D eigenvalue weighted by atomic mass is 10.1. The van der Waals surface area contributed by atoms with Gasteiger partial charge in [0, 0.05) is 49.5 Å². The van der Waals surface area contributed by atoms with E-state index in [-0.39, 0.29) is 22.1 Å². The Morgan fingerprint density at radius 1 is 0.833 bits per heavy atom. The molecule has 4 rings (SSSR count). The van der Waals surface area contributed by atoms with Gasteiger partial charge in [0.05, 0.1) is 12.1 Å². The van der Waals surface area contributed by atoms with Gasteiger partial charge in [-0.2, -0.15) is 10.2 Å². The number of sulfonamides is 1. The van der Waals surface area contributed by atoms with Crippen LogP contribution >= 0.6 is 10.7 Å². The van der Waals surface area contributed by atoms with Crippen LogP contribution in [0.15, 0.2) is 34.6 Å². The summed E-state index contributed by atoms with van der Waals surface area (Å²) in [4.78, 5) is 0. The molecule has 2 saturated heterocycles. The first-order chi connectivity index (χ1) is 14.1. The first-order valence-electron chi connectivity index (χ1n) is 9.38. The van der Waals surface area contributed by atoms with Gasteiger partial charge in [0.1, 0.15) is 0 Å². The van der Waals surface area contributed by atoms with Crippen molar-refractivity contribution >= 4 is 29.8 Å². The van der Waals surface area contributed by atoms with Gasteiger partial charge in [-0.25, -0.2) is 22.0 Å². The minimum atomic E-state index is -3.71. The maximum Gasteiger partial charge on any atom is 0.280 e. The van der Waals surface area contributed by atoms with Crippen molar-refractivity contribution in [1.29, 1.82) is 0 Å². The first-order valence-corrected chi connectivity index (χ1v) is 13.2. The van der Waals surface area contributed by atoms with Gasteiger partial charge in [0.2, 0.25) is 0 Å². The molecule has 2 aliphatic rings. The van der Waals surface area contributed by atoms with Crippen LogP contribution in [0, 0.1) is 0 Å². The van der Waals surface area contributed by atoms with Gasteiger partial charge in [0.25, 0.3) is 19.1 Å². The van der Waals surface area contributed by atoms with E-state index in [1.165, 1.54) is 12.1 Å². The minimum Gasteiger partial charge on any atom is -0.381 e. The lowest BCUT2D eigenvalue weighted by Crippen LogP contribution is -2.21. The Labute approximate surface area is 179 Å². The molecule has 2 fully saturated rings. The topological polar surface area (TPSA) is 148 Å². The molecule has 0 atom stereocenters. The van der Waals surface area contributed by atoms with Crippen LogP contribution in [0.2, 0.25) is 0 Å². The second kappa shape index (κ2) is 9.75. The molecule has 14 heteroatoms. The van der Waals surface area contributed by atoms with Gasteiger partial charge in [-0.15, -0.1) is 0 Å². The number of hydrogen-bond acceptors (Lipinski definition) is 8. The highest BCUT2D eigenvalue weighted by Gasteiger charge is 2.20. The van der Waals surface area contributed by atoms with Crippen molar-refractivity contribution in [2.45, 2.75) is 47.8 Å². The van der Waals surface area contributed by atoms with Gasteiger partial charge >= 0.3 is 0 Å². The monoisotopic (exact) mass is 481 g/mol. The summed E-state index contributed by atoms with van der Waals surface area (Å²) in [6.07, 6.45) is 6.70. The summed E-state index contributed by atoms with van der Waals surface area (Å²) in [7, 11) is -2.21. The van der Waals surface area contributed by atoms with Crippen molar-refractivity contribution < 1.29 is 26.3 Å². The van der Waals surface area contributed by atoms with E-state index >= 15 is 0 Å². The zero-order valence-electron chi connectivity index (χ0n) is 16.1. The molecule has 0 saturated carbocycles. The fourth-order valence-corrected chi connectivity index (χ4v) is 4.35. The summed E-state index contributed by atoms with van der Waals surface area (Å²) in [5, 5.41) is 12.7. The van der Waals surface area contributed by atoms with Crippen LogP contribution in [0.4, 0.5) is 0 Å². The standard InChI is InChI=1S/C8H11ClN2O3S.C8H13N3O3S/c2*9-15(12,13)8-1-4-11(10-8)7-2-5-14-6-3-7/h1,4,7H,2-3,5-6H2;1,4,7H,2-3,5-6H2,(H2,9,12,13). The summed E-state index contributed by atoms with van der Waals surface area (Å²) >= 11 is 0. The SMILES string of the molecule is NS(=O)(=O)c1ccn(C2CCOCC2)n1.O=S(=O)(Cl)c1ccn(C2CCOCC2)n1. The van der Waals surface area contributed by atoms with Crippen LogP contribution in [0.1, 0.15) is 37.8 Å². The summed E-state index contributed by atoms with van der Waals surface area (Å²) in [5.74, 6) is 0. The Kier molecular flexibility index (Phi) is 7.52. The Morgan fingerprint density at radius 3 is 1.57 bits per heavy atom. The van der Waals surface area contributed by atoms with Gasteiger partial charge in [0.15, 0.2) is 10.1 Å². The first kappa shape index (κ1) is 23.2. The van der Waals surface area contributed by atoms with Gasteiger partial charge in [-0.05, 0) is 37.8 Å². The van der Waals surface area contributed by atoms with Crippen molar-refractivity contribution in [3.8, 4) is 0 Å². The van der Waals surface area contributed by atoms with E-state index in [4.69, 9.17) is 25.3 Å². The molecule has 0 radical (unpaired) electrons. The third-order valence-corrected chi connectivity index (χ3v) is 6.83. The van der Waals surface area contributed by atoms with Crippen molar-refractivity contribution in [1.82, 2.24) is 19.6 Å². The molecular formula is C16H24ClN5O6S2. The molecule has 2 aliphatic heterocycles. The molecule has 0 amide bonds. The number of halogens is 1. The summed E-state index contributed by atoms with van der Waals surface area (Å²) in [6.45, 7) is 2.76. The Morgan fingerprint density at radius 2 is 1.23 bits per heavy atom. The van der Waals surface area contributed by atoms with Crippen LogP contribution in [-0.4, -0.2) is 62.8 Å². The zero-order valence-corrected chi connectivity index (χ0v) is 18.5. The molecule has 0 spiro atoms. The molecule has 0 unspecified atom stereocenters. The van der Waals surface area contributed by atoms with Crippen LogP contribution in [-0.2, 0) is 28.5 Å². The maximum absolute atomic E-state index is 11.0. The third-order valence-electron chi connectivity index (χ3n) is 4.84. The number of nitrogens with two attached hydrogens (primary N) is 1. The highest BCUT2D eigenvalue weighted by atomic mass is 35.7.